The highest BCUT2D eigenvalue weighted by atomic mass is 79.9. The molecule has 1 aliphatic rings. The SMILES string of the molecule is COc1ccc(C(=O)N(CCBr)C2CCCC2)c(OC)c1. The van der Waals surface area contributed by atoms with Crippen LogP contribution in [0.15, 0.2) is 18.2 Å². The summed E-state index contributed by atoms with van der Waals surface area (Å²) < 4.78 is 10.5. The first-order valence-electron chi connectivity index (χ1n) is 7.30. The van der Waals surface area contributed by atoms with Crippen LogP contribution in [-0.2, 0) is 0 Å². The third kappa shape index (κ3) is 3.70. The van der Waals surface area contributed by atoms with E-state index in [0.717, 1.165) is 24.7 Å². The van der Waals surface area contributed by atoms with Crippen LogP contribution in [0.3, 0.4) is 0 Å². The minimum atomic E-state index is 0.0425. The second-order valence-corrected chi connectivity index (χ2v) is 5.99. The molecule has 1 amide bonds. The summed E-state index contributed by atoms with van der Waals surface area (Å²) in [5.41, 5.74) is 0.603. The Morgan fingerprint density at radius 2 is 2.00 bits per heavy atom. The molecule has 0 bridgehead atoms. The molecule has 0 N–H and O–H groups in total. The summed E-state index contributed by atoms with van der Waals surface area (Å²) in [5.74, 6) is 1.30. The lowest BCUT2D eigenvalue weighted by atomic mass is 10.1. The van der Waals surface area contributed by atoms with Crippen molar-refractivity contribution in [1.82, 2.24) is 4.90 Å². The van der Waals surface area contributed by atoms with Crippen molar-refractivity contribution < 1.29 is 14.3 Å². The lowest BCUT2D eigenvalue weighted by Gasteiger charge is -2.29. The van der Waals surface area contributed by atoms with Crippen molar-refractivity contribution in [2.24, 2.45) is 0 Å². The second kappa shape index (κ2) is 7.69. The van der Waals surface area contributed by atoms with E-state index in [2.05, 4.69) is 15.9 Å². The Balaban J connectivity index is 2.27. The van der Waals surface area contributed by atoms with Crippen LogP contribution in [0.25, 0.3) is 0 Å². The fourth-order valence-corrected chi connectivity index (χ4v) is 3.27. The van der Waals surface area contributed by atoms with Crippen LogP contribution in [0.2, 0.25) is 0 Å². The lowest BCUT2D eigenvalue weighted by Crippen LogP contribution is -2.40. The predicted molar refractivity (Wildman–Crippen MR) is 86.6 cm³/mol. The number of methoxy groups -OCH3 is 2. The van der Waals surface area contributed by atoms with Crippen molar-refractivity contribution in [2.45, 2.75) is 31.7 Å². The highest BCUT2D eigenvalue weighted by Crippen LogP contribution is 2.29. The zero-order chi connectivity index (χ0) is 15.2. The molecular weight excluding hydrogens is 334 g/mol. The normalized spacial score (nSPS) is 15.0. The van der Waals surface area contributed by atoms with Gasteiger partial charge in [-0.1, -0.05) is 28.8 Å². The van der Waals surface area contributed by atoms with Crippen molar-refractivity contribution in [2.75, 3.05) is 26.1 Å². The second-order valence-electron chi connectivity index (χ2n) is 5.19. The maximum Gasteiger partial charge on any atom is 0.257 e. The molecule has 0 unspecified atom stereocenters. The highest BCUT2D eigenvalue weighted by molar-refractivity contribution is 9.09. The smallest absolute Gasteiger partial charge is 0.257 e. The van der Waals surface area contributed by atoms with Gasteiger partial charge in [0.15, 0.2) is 0 Å². The molecular formula is C16H22BrNO3. The first kappa shape index (κ1) is 16.1. The van der Waals surface area contributed by atoms with Crippen molar-refractivity contribution in [1.29, 1.82) is 0 Å². The number of hydrogen-bond acceptors (Lipinski definition) is 3. The molecule has 2 rings (SSSR count). The first-order chi connectivity index (χ1) is 10.2. The van der Waals surface area contributed by atoms with Crippen LogP contribution in [0, 0.1) is 0 Å². The number of halogens is 1. The minimum absolute atomic E-state index is 0.0425. The number of carbonyl (C=O) groups is 1. The van der Waals surface area contributed by atoms with Gasteiger partial charge in [0.2, 0.25) is 0 Å². The van der Waals surface area contributed by atoms with Crippen LogP contribution < -0.4 is 9.47 Å². The van der Waals surface area contributed by atoms with Crippen LogP contribution in [0.5, 0.6) is 11.5 Å². The number of hydrogen-bond donors (Lipinski definition) is 0. The molecule has 1 fully saturated rings. The Bertz CT molecular complexity index is 486. The summed E-state index contributed by atoms with van der Waals surface area (Å²) in [5, 5.41) is 0.785. The van der Waals surface area contributed by atoms with Gasteiger partial charge in [0, 0.05) is 24.0 Å². The summed E-state index contributed by atoms with van der Waals surface area (Å²) in [6.45, 7) is 0.721. The highest BCUT2D eigenvalue weighted by Gasteiger charge is 2.28. The Labute approximate surface area is 134 Å². The molecule has 1 aliphatic carbocycles. The summed E-state index contributed by atoms with van der Waals surface area (Å²) >= 11 is 3.45. The largest absolute Gasteiger partial charge is 0.497 e. The first-order valence-corrected chi connectivity index (χ1v) is 8.42. The number of ether oxygens (including phenoxy) is 2. The zero-order valence-corrected chi connectivity index (χ0v) is 14.2. The standard InChI is InChI=1S/C16H22BrNO3/c1-20-13-7-8-14(15(11-13)21-2)16(19)18(10-9-17)12-5-3-4-6-12/h7-8,11-12H,3-6,9-10H2,1-2H3. The van der Waals surface area contributed by atoms with Crippen molar-refractivity contribution in [3.63, 3.8) is 0 Å². The molecule has 0 heterocycles. The number of rotatable bonds is 6. The van der Waals surface area contributed by atoms with Gasteiger partial charge in [0.25, 0.3) is 5.91 Å². The van der Waals surface area contributed by atoms with Gasteiger partial charge in [0.1, 0.15) is 11.5 Å². The summed E-state index contributed by atoms with van der Waals surface area (Å²) in [6.07, 6.45) is 4.60. The van der Waals surface area contributed by atoms with Gasteiger partial charge in [-0.25, -0.2) is 0 Å². The Morgan fingerprint density at radius 3 is 2.57 bits per heavy atom. The van der Waals surface area contributed by atoms with E-state index in [1.54, 1.807) is 32.4 Å². The van der Waals surface area contributed by atoms with Gasteiger partial charge >= 0.3 is 0 Å². The van der Waals surface area contributed by atoms with E-state index in [1.165, 1.54) is 12.8 Å². The summed E-state index contributed by atoms with van der Waals surface area (Å²) in [7, 11) is 3.18. The molecule has 0 spiro atoms. The average Bonchev–Trinajstić information content (AvgIpc) is 3.05. The summed E-state index contributed by atoms with van der Waals surface area (Å²) in [6, 6.07) is 5.70. The van der Waals surface area contributed by atoms with Gasteiger partial charge in [-0.2, -0.15) is 0 Å². The summed E-state index contributed by atoms with van der Waals surface area (Å²) in [4.78, 5) is 14.9. The monoisotopic (exact) mass is 355 g/mol. The van der Waals surface area contributed by atoms with Crippen LogP contribution in [-0.4, -0.2) is 42.9 Å². The van der Waals surface area contributed by atoms with E-state index in [-0.39, 0.29) is 5.91 Å². The fraction of sp³-hybridized carbons (Fsp3) is 0.562. The predicted octanol–water partition coefficient (Wildman–Crippen LogP) is 3.48. The van der Waals surface area contributed by atoms with Crippen molar-refractivity contribution >= 4 is 21.8 Å². The van der Waals surface area contributed by atoms with E-state index in [0.29, 0.717) is 23.1 Å². The van der Waals surface area contributed by atoms with Gasteiger partial charge in [-0.05, 0) is 25.0 Å². The minimum Gasteiger partial charge on any atom is -0.497 e. The third-order valence-corrected chi connectivity index (χ3v) is 4.35. The molecule has 1 aromatic rings. The zero-order valence-electron chi connectivity index (χ0n) is 12.6. The molecule has 1 saturated carbocycles. The fourth-order valence-electron chi connectivity index (χ4n) is 2.89. The van der Waals surface area contributed by atoms with Gasteiger partial charge in [0.05, 0.1) is 19.8 Å². The molecule has 4 nitrogen and oxygen atoms in total. The molecule has 0 radical (unpaired) electrons. The van der Waals surface area contributed by atoms with Crippen molar-refractivity contribution in [3.8, 4) is 11.5 Å². The van der Waals surface area contributed by atoms with Gasteiger partial charge in [-0.3, -0.25) is 4.79 Å². The van der Waals surface area contributed by atoms with E-state index < -0.39 is 0 Å². The number of benzene rings is 1. The van der Waals surface area contributed by atoms with Crippen molar-refractivity contribution in [3.05, 3.63) is 23.8 Å². The molecule has 0 aliphatic heterocycles. The van der Waals surface area contributed by atoms with E-state index >= 15 is 0 Å². The molecule has 0 atom stereocenters. The Morgan fingerprint density at radius 1 is 1.29 bits per heavy atom. The quantitative estimate of drug-likeness (QED) is 0.733. The molecule has 5 heteroatoms. The molecule has 116 valence electrons. The molecule has 0 saturated heterocycles. The maximum atomic E-state index is 12.9. The van der Waals surface area contributed by atoms with Gasteiger partial charge in [-0.15, -0.1) is 0 Å². The average molecular weight is 356 g/mol. The number of alkyl halides is 1. The van der Waals surface area contributed by atoms with E-state index in [9.17, 15) is 4.79 Å². The molecule has 21 heavy (non-hydrogen) atoms. The molecule has 0 aromatic heterocycles. The Hall–Kier alpha value is -1.23. The van der Waals surface area contributed by atoms with Gasteiger partial charge < -0.3 is 14.4 Å². The van der Waals surface area contributed by atoms with E-state index in [4.69, 9.17) is 9.47 Å². The number of carbonyl (C=O) groups excluding carboxylic acids is 1. The number of amides is 1. The third-order valence-electron chi connectivity index (χ3n) is 3.99. The Kier molecular flexibility index (Phi) is 5.91. The molecule has 1 aromatic carbocycles. The lowest BCUT2D eigenvalue weighted by molar-refractivity contribution is 0.0693. The topological polar surface area (TPSA) is 38.8 Å². The van der Waals surface area contributed by atoms with Crippen LogP contribution in [0.4, 0.5) is 0 Å². The van der Waals surface area contributed by atoms with Crippen LogP contribution in [0.1, 0.15) is 36.0 Å². The maximum absolute atomic E-state index is 12.9. The van der Waals surface area contributed by atoms with E-state index in [1.807, 2.05) is 4.90 Å². The van der Waals surface area contributed by atoms with Crippen LogP contribution >= 0.6 is 15.9 Å². The number of nitrogens with zero attached hydrogens (tertiary/aromatic N) is 1.